The predicted molar refractivity (Wildman–Crippen MR) is 53.6 cm³/mol. The van der Waals surface area contributed by atoms with Crippen LogP contribution in [0.4, 0.5) is 0 Å². The van der Waals surface area contributed by atoms with Crippen molar-refractivity contribution in [2.24, 2.45) is 5.92 Å². The first-order chi connectivity index (χ1) is 6.27. The van der Waals surface area contributed by atoms with Gasteiger partial charge in [-0.15, -0.1) is 0 Å². The van der Waals surface area contributed by atoms with Crippen molar-refractivity contribution in [2.75, 3.05) is 13.1 Å². The fourth-order valence-electron chi connectivity index (χ4n) is 2.30. The summed E-state index contributed by atoms with van der Waals surface area (Å²) >= 11 is 0. The van der Waals surface area contributed by atoms with Crippen molar-refractivity contribution >= 4 is 0 Å². The lowest BCUT2D eigenvalue weighted by molar-refractivity contribution is 0.0613. The van der Waals surface area contributed by atoms with E-state index in [1.54, 1.807) is 0 Å². The Bertz CT molecular complexity index is 167. The van der Waals surface area contributed by atoms with E-state index in [2.05, 4.69) is 11.8 Å². The lowest BCUT2D eigenvalue weighted by Gasteiger charge is -2.34. The highest BCUT2D eigenvalue weighted by molar-refractivity contribution is 4.85. The molecule has 13 heavy (non-hydrogen) atoms. The summed E-state index contributed by atoms with van der Waals surface area (Å²) in [7, 11) is 0. The maximum atomic E-state index is 9.82. The molecule has 76 valence electrons. The van der Waals surface area contributed by atoms with Gasteiger partial charge in [0.25, 0.3) is 0 Å². The second kappa shape index (κ2) is 3.97. The number of hydrogen-bond acceptors (Lipinski definition) is 2. The number of hydrogen-bond donors (Lipinski definition) is 1. The zero-order valence-corrected chi connectivity index (χ0v) is 8.58. The van der Waals surface area contributed by atoms with Gasteiger partial charge >= 0.3 is 0 Å². The Balaban J connectivity index is 1.77. The van der Waals surface area contributed by atoms with Crippen molar-refractivity contribution < 1.29 is 5.11 Å². The predicted octanol–water partition coefficient (Wildman–Crippen LogP) is 1.63. The Morgan fingerprint density at radius 2 is 2.08 bits per heavy atom. The Hall–Kier alpha value is -0.0800. The van der Waals surface area contributed by atoms with Crippen LogP contribution in [0, 0.1) is 5.92 Å². The van der Waals surface area contributed by atoms with Crippen molar-refractivity contribution in [1.82, 2.24) is 4.90 Å². The van der Waals surface area contributed by atoms with Crippen LogP contribution in [0.5, 0.6) is 0 Å². The average Bonchev–Trinajstić information content (AvgIpc) is 2.91. The Morgan fingerprint density at radius 3 is 2.69 bits per heavy atom. The molecule has 2 rings (SSSR count). The van der Waals surface area contributed by atoms with E-state index in [0.29, 0.717) is 12.0 Å². The molecule has 1 saturated heterocycles. The van der Waals surface area contributed by atoms with Crippen LogP contribution in [-0.4, -0.2) is 35.2 Å². The molecule has 0 bridgehead atoms. The minimum Gasteiger partial charge on any atom is -0.392 e. The van der Waals surface area contributed by atoms with Crippen molar-refractivity contribution in [1.29, 1.82) is 0 Å². The average molecular weight is 183 g/mol. The molecule has 1 heterocycles. The molecule has 0 spiro atoms. The lowest BCUT2D eigenvalue weighted by atomic mass is 10.0. The van der Waals surface area contributed by atoms with Crippen LogP contribution in [0.1, 0.15) is 39.0 Å². The van der Waals surface area contributed by atoms with Crippen LogP contribution >= 0.6 is 0 Å². The topological polar surface area (TPSA) is 23.5 Å². The summed E-state index contributed by atoms with van der Waals surface area (Å²) in [6.07, 6.45) is 6.48. The number of nitrogens with zero attached hydrogens (tertiary/aromatic N) is 1. The van der Waals surface area contributed by atoms with Crippen LogP contribution in [0.2, 0.25) is 0 Å². The number of rotatable bonds is 3. The van der Waals surface area contributed by atoms with Gasteiger partial charge in [-0.25, -0.2) is 0 Å². The summed E-state index contributed by atoms with van der Waals surface area (Å²) < 4.78 is 0. The van der Waals surface area contributed by atoms with Gasteiger partial charge in [0, 0.05) is 12.6 Å². The van der Waals surface area contributed by atoms with Gasteiger partial charge in [-0.2, -0.15) is 0 Å². The van der Waals surface area contributed by atoms with Gasteiger partial charge in [0.05, 0.1) is 6.10 Å². The largest absolute Gasteiger partial charge is 0.392 e. The Kier molecular flexibility index (Phi) is 2.89. The second-order valence-electron chi connectivity index (χ2n) is 4.74. The highest BCUT2D eigenvalue weighted by Gasteiger charge is 2.32. The third kappa shape index (κ3) is 2.44. The van der Waals surface area contributed by atoms with E-state index in [1.807, 2.05) is 0 Å². The summed E-state index contributed by atoms with van der Waals surface area (Å²) in [5, 5.41) is 9.82. The minimum absolute atomic E-state index is 0.0412. The fraction of sp³-hybridized carbons (Fsp3) is 1.00. The van der Waals surface area contributed by atoms with E-state index < -0.39 is 0 Å². The number of β-amino-alcohol motifs (C(OH)–C–C–N with tert-alkyl or cyclic N) is 1. The molecule has 0 amide bonds. The van der Waals surface area contributed by atoms with Crippen molar-refractivity contribution in [3.63, 3.8) is 0 Å². The van der Waals surface area contributed by atoms with E-state index in [1.165, 1.54) is 38.6 Å². The fourth-order valence-corrected chi connectivity index (χ4v) is 2.30. The van der Waals surface area contributed by atoms with Crippen molar-refractivity contribution in [3.8, 4) is 0 Å². The monoisotopic (exact) mass is 183 g/mol. The molecule has 2 atom stereocenters. The maximum absolute atomic E-state index is 9.82. The van der Waals surface area contributed by atoms with E-state index in [9.17, 15) is 5.11 Å². The van der Waals surface area contributed by atoms with Gasteiger partial charge in [0.2, 0.25) is 0 Å². The molecule has 0 radical (unpaired) electrons. The smallest absolute Gasteiger partial charge is 0.0695 e. The van der Waals surface area contributed by atoms with E-state index in [4.69, 9.17) is 0 Å². The summed E-state index contributed by atoms with van der Waals surface area (Å²) in [5.41, 5.74) is 0. The van der Waals surface area contributed by atoms with Gasteiger partial charge in [0.1, 0.15) is 0 Å². The van der Waals surface area contributed by atoms with Gasteiger partial charge in [0.15, 0.2) is 0 Å². The molecule has 2 nitrogen and oxygen atoms in total. The molecule has 1 saturated carbocycles. The Labute approximate surface area is 80.9 Å². The highest BCUT2D eigenvalue weighted by Crippen LogP contribution is 2.33. The van der Waals surface area contributed by atoms with Crippen LogP contribution < -0.4 is 0 Å². The van der Waals surface area contributed by atoms with E-state index >= 15 is 0 Å². The minimum atomic E-state index is -0.0412. The summed E-state index contributed by atoms with van der Waals surface area (Å²) in [5.74, 6) is 0.633. The molecule has 1 aliphatic carbocycles. The summed E-state index contributed by atoms with van der Waals surface area (Å²) in [4.78, 5) is 2.46. The molecule has 2 aliphatic rings. The quantitative estimate of drug-likeness (QED) is 0.719. The second-order valence-corrected chi connectivity index (χ2v) is 4.74. The van der Waals surface area contributed by atoms with E-state index in [0.717, 1.165) is 6.54 Å². The van der Waals surface area contributed by atoms with Crippen LogP contribution in [0.15, 0.2) is 0 Å². The van der Waals surface area contributed by atoms with Crippen molar-refractivity contribution in [2.45, 2.75) is 51.2 Å². The molecular formula is C11H21NO. The van der Waals surface area contributed by atoms with Crippen LogP contribution in [-0.2, 0) is 0 Å². The normalized spacial score (nSPS) is 33.2. The third-order valence-electron chi connectivity index (χ3n) is 3.53. The summed E-state index contributed by atoms with van der Waals surface area (Å²) in [6.45, 7) is 4.41. The Morgan fingerprint density at radius 1 is 1.31 bits per heavy atom. The molecule has 2 unspecified atom stereocenters. The zero-order chi connectivity index (χ0) is 9.26. The van der Waals surface area contributed by atoms with Gasteiger partial charge in [-0.1, -0.05) is 6.42 Å². The standard InChI is InChI=1S/C11H21NO/c1-9-4-2-3-7-12(9)8-11(13)10-5-6-10/h9-11,13H,2-8H2,1H3. The molecule has 0 aromatic heterocycles. The number of likely N-dealkylation sites (tertiary alicyclic amines) is 1. The van der Waals surface area contributed by atoms with Crippen molar-refractivity contribution in [3.05, 3.63) is 0 Å². The highest BCUT2D eigenvalue weighted by atomic mass is 16.3. The molecular weight excluding hydrogens is 162 g/mol. The molecule has 2 heteroatoms. The first-order valence-electron chi connectivity index (χ1n) is 5.69. The molecule has 1 aliphatic heterocycles. The molecule has 0 aromatic rings. The van der Waals surface area contributed by atoms with Crippen LogP contribution in [0.25, 0.3) is 0 Å². The number of aliphatic hydroxyl groups excluding tert-OH is 1. The zero-order valence-electron chi connectivity index (χ0n) is 8.58. The van der Waals surface area contributed by atoms with E-state index in [-0.39, 0.29) is 6.10 Å². The molecule has 2 fully saturated rings. The van der Waals surface area contributed by atoms with Gasteiger partial charge < -0.3 is 5.11 Å². The first kappa shape index (κ1) is 9.47. The van der Waals surface area contributed by atoms with Gasteiger partial charge in [-0.05, 0) is 45.1 Å². The first-order valence-corrected chi connectivity index (χ1v) is 5.69. The SMILES string of the molecule is CC1CCCCN1CC(O)C1CC1. The van der Waals surface area contributed by atoms with Gasteiger partial charge in [-0.3, -0.25) is 4.90 Å². The maximum Gasteiger partial charge on any atom is 0.0695 e. The third-order valence-corrected chi connectivity index (χ3v) is 3.53. The molecule has 1 N–H and O–H groups in total. The number of piperidine rings is 1. The molecule has 0 aromatic carbocycles. The van der Waals surface area contributed by atoms with Crippen LogP contribution in [0.3, 0.4) is 0 Å². The number of aliphatic hydroxyl groups is 1. The summed E-state index contributed by atoms with van der Waals surface area (Å²) in [6, 6.07) is 0.696. The lowest BCUT2D eigenvalue weighted by Crippen LogP contribution is -2.42.